The molecule has 0 saturated heterocycles. The SMILES string of the molecule is CN1CCC=C(c2ncno2)C1. The van der Waals surface area contributed by atoms with Crippen molar-refractivity contribution in [1.82, 2.24) is 15.0 Å². The predicted octanol–water partition coefficient (Wildman–Crippen LogP) is 0.788. The fraction of sp³-hybridized carbons (Fsp3) is 0.500. The molecule has 0 aliphatic carbocycles. The van der Waals surface area contributed by atoms with Gasteiger partial charge in [0.1, 0.15) is 0 Å². The van der Waals surface area contributed by atoms with E-state index in [1.165, 1.54) is 6.33 Å². The van der Waals surface area contributed by atoms with Crippen LogP contribution < -0.4 is 0 Å². The summed E-state index contributed by atoms with van der Waals surface area (Å²) in [5.41, 5.74) is 1.14. The molecule has 0 aromatic carbocycles. The molecule has 0 N–H and O–H groups in total. The first kappa shape index (κ1) is 7.49. The van der Waals surface area contributed by atoms with E-state index in [1.807, 2.05) is 0 Å². The quantitative estimate of drug-likeness (QED) is 0.617. The predicted molar refractivity (Wildman–Crippen MR) is 44.4 cm³/mol. The minimum absolute atomic E-state index is 0.654. The summed E-state index contributed by atoms with van der Waals surface area (Å²) < 4.78 is 4.97. The van der Waals surface area contributed by atoms with Gasteiger partial charge in [0.05, 0.1) is 0 Å². The van der Waals surface area contributed by atoms with E-state index in [9.17, 15) is 0 Å². The summed E-state index contributed by atoms with van der Waals surface area (Å²) in [7, 11) is 2.09. The van der Waals surface area contributed by atoms with Gasteiger partial charge in [-0.2, -0.15) is 4.98 Å². The Morgan fingerprint density at radius 2 is 2.50 bits per heavy atom. The summed E-state index contributed by atoms with van der Waals surface area (Å²) in [6.07, 6.45) is 4.66. The number of nitrogens with zero attached hydrogens (tertiary/aromatic N) is 3. The van der Waals surface area contributed by atoms with Gasteiger partial charge in [-0.05, 0) is 13.5 Å². The van der Waals surface area contributed by atoms with Crippen LogP contribution in [0.2, 0.25) is 0 Å². The second-order valence-corrected chi connectivity index (χ2v) is 3.00. The number of likely N-dealkylation sites (N-methyl/N-ethyl adjacent to an activating group) is 1. The zero-order chi connectivity index (χ0) is 8.39. The topological polar surface area (TPSA) is 42.2 Å². The maximum atomic E-state index is 4.97. The maximum Gasteiger partial charge on any atom is 0.254 e. The van der Waals surface area contributed by atoms with E-state index in [2.05, 4.69) is 28.2 Å². The molecule has 0 radical (unpaired) electrons. The van der Waals surface area contributed by atoms with Crippen LogP contribution in [0.15, 0.2) is 16.9 Å². The summed E-state index contributed by atoms with van der Waals surface area (Å²) in [4.78, 5) is 6.24. The van der Waals surface area contributed by atoms with Crippen LogP contribution in [0.25, 0.3) is 5.57 Å². The molecule has 4 heteroatoms. The largest absolute Gasteiger partial charge is 0.335 e. The lowest BCUT2D eigenvalue weighted by Crippen LogP contribution is -2.24. The van der Waals surface area contributed by atoms with Crippen molar-refractivity contribution in [3.8, 4) is 0 Å². The van der Waals surface area contributed by atoms with Crippen LogP contribution in [0.4, 0.5) is 0 Å². The van der Waals surface area contributed by atoms with Crippen LogP contribution in [0.5, 0.6) is 0 Å². The Hall–Kier alpha value is -1.16. The number of rotatable bonds is 1. The second-order valence-electron chi connectivity index (χ2n) is 3.00. The van der Waals surface area contributed by atoms with E-state index in [1.54, 1.807) is 0 Å². The van der Waals surface area contributed by atoms with Gasteiger partial charge in [0.2, 0.25) is 0 Å². The Kier molecular flexibility index (Phi) is 1.91. The summed E-state index contributed by atoms with van der Waals surface area (Å²) in [5, 5.41) is 3.58. The molecule has 0 fully saturated rings. The van der Waals surface area contributed by atoms with E-state index in [0.29, 0.717) is 5.89 Å². The molecule has 1 aliphatic rings. The molecule has 4 nitrogen and oxygen atoms in total. The highest BCUT2D eigenvalue weighted by Crippen LogP contribution is 2.16. The van der Waals surface area contributed by atoms with Gasteiger partial charge in [0.15, 0.2) is 6.33 Å². The molecular weight excluding hydrogens is 154 g/mol. The molecule has 0 unspecified atom stereocenters. The third kappa shape index (κ3) is 1.38. The van der Waals surface area contributed by atoms with Gasteiger partial charge in [-0.3, -0.25) is 0 Å². The first-order valence-corrected chi connectivity index (χ1v) is 4.01. The average molecular weight is 165 g/mol. The summed E-state index contributed by atoms with van der Waals surface area (Å²) >= 11 is 0. The van der Waals surface area contributed by atoms with Crippen LogP contribution in [0, 0.1) is 0 Å². The van der Waals surface area contributed by atoms with Crippen molar-refractivity contribution in [3.05, 3.63) is 18.3 Å². The lowest BCUT2D eigenvalue weighted by Gasteiger charge is -2.20. The van der Waals surface area contributed by atoms with Crippen molar-refractivity contribution in [2.24, 2.45) is 0 Å². The van der Waals surface area contributed by atoms with Crippen molar-refractivity contribution in [2.75, 3.05) is 20.1 Å². The van der Waals surface area contributed by atoms with E-state index in [-0.39, 0.29) is 0 Å². The second kappa shape index (κ2) is 3.06. The Labute approximate surface area is 70.9 Å². The zero-order valence-electron chi connectivity index (χ0n) is 7.03. The highest BCUT2D eigenvalue weighted by molar-refractivity contribution is 5.60. The Morgan fingerprint density at radius 3 is 3.17 bits per heavy atom. The molecular formula is C8H11N3O. The smallest absolute Gasteiger partial charge is 0.254 e. The van der Waals surface area contributed by atoms with Crippen LogP contribution in [-0.4, -0.2) is 35.2 Å². The van der Waals surface area contributed by atoms with Crippen molar-refractivity contribution >= 4 is 5.57 Å². The molecule has 0 bridgehead atoms. The Morgan fingerprint density at radius 1 is 1.58 bits per heavy atom. The molecule has 2 rings (SSSR count). The van der Waals surface area contributed by atoms with E-state index in [4.69, 9.17) is 4.52 Å². The number of hydrogen-bond donors (Lipinski definition) is 0. The first-order valence-electron chi connectivity index (χ1n) is 4.01. The van der Waals surface area contributed by atoms with Crippen LogP contribution in [0.3, 0.4) is 0 Å². The van der Waals surface area contributed by atoms with Crippen LogP contribution >= 0.6 is 0 Å². The first-order chi connectivity index (χ1) is 5.86. The van der Waals surface area contributed by atoms with Gasteiger partial charge in [-0.15, -0.1) is 0 Å². The van der Waals surface area contributed by atoms with Gasteiger partial charge >= 0.3 is 0 Å². The molecule has 2 heterocycles. The molecule has 64 valence electrons. The standard InChI is InChI=1S/C8H11N3O/c1-11-4-2-3-7(5-11)8-9-6-10-12-8/h3,6H,2,4-5H2,1H3. The third-order valence-corrected chi connectivity index (χ3v) is 1.98. The van der Waals surface area contributed by atoms with Crippen molar-refractivity contribution < 1.29 is 4.52 Å². The molecule has 1 aliphatic heterocycles. The number of hydrogen-bond acceptors (Lipinski definition) is 4. The number of aromatic nitrogens is 2. The van der Waals surface area contributed by atoms with Gasteiger partial charge < -0.3 is 9.42 Å². The average Bonchev–Trinajstić information content (AvgIpc) is 2.56. The Bertz CT molecular complexity index is 279. The molecule has 0 atom stereocenters. The molecule has 0 amide bonds. The minimum atomic E-state index is 0.654. The van der Waals surface area contributed by atoms with E-state index < -0.39 is 0 Å². The maximum absolute atomic E-state index is 4.97. The molecule has 12 heavy (non-hydrogen) atoms. The zero-order valence-corrected chi connectivity index (χ0v) is 7.03. The summed E-state index contributed by atoms with van der Waals surface area (Å²) in [6.45, 7) is 2.01. The van der Waals surface area contributed by atoms with Crippen molar-refractivity contribution in [1.29, 1.82) is 0 Å². The van der Waals surface area contributed by atoms with Crippen LogP contribution in [-0.2, 0) is 0 Å². The lowest BCUT2D eigenvalue weighted by molar-refractivity contribution is 0.357. The molecule has 1 aromatic rings. The van der Waals surface area contributed by atoms with E-state index >= 15 is 0 Å². The highest BCUT2D eigenvalue weighted by atomic mass is 16.5. The van der Waals surface area contributed by atoms with Gasteiger partial charge in [0.25, 0.3) is 5.89 Å². The van der Waals surface area contributed by atoms with Gasteiger partial charge in [0, 0.05) is 18.7 Å². The monoisotopic (exact) mass is 165 g/mol. The van der Waals surface area contributed by atoms with Crippen molar-refractivity contribution in [3.63, 3.8) is 0 Å². The summed E-state index contributed by atoms with van der Waals surface area (Å²) in [6, 6.07) is 0. The van der Waals surface area contributed by atoms with Crippen molar-refractivity contribution in [2.45, 2.75) is 6.42 Å². The molecule has 0 saturated carbocycles. The van der Waals surface area contributed by atoms with Gasteiger partial charge in [-0.1, -0.05) is 11.2 Å². The molecule has 0 spiro atoms. The van der Waals surface area contributed by atoms with E-state index in [0.717, 1.165) is 25.1 Å². The van der Waals surface area contributed by atoms with Gasteiger partial charge in [-0.25, -0.2) is 0 Å². The van der Waals surface area contributed by atoms with Crippen LogP contribution in [0.1, 0.15) is 12.3 Å². The Balaban J connectivity index is 2.19. The third-order valence-electron chi connectivity index (χ3n) is 1.98. The molecule has 1 aromatic heterocycles. The fourth-order valence-corrected chi connectivity index (χ4v) is 1.36. The normalized spacial score (nSPS) is 19.2. The highest BCUT2D eigenvalue weighted by Gasteiger charge is 2.13. The summed E-state index contributed by atoms with van der Waals surface area (Å²) in [5.74, 6) is 0.654. The fourth-order valence-electron chi connectivity index (χ4n) is 1.36. The minimum Gasteiger partial charge on any atom is -0.335 e. The lowest BCUT2D eigenvalue weighted by atomic mass is 10.1.